The highest BCUT2D eigenvalue weighted by molar-refractivity contribution is 9.10. The number of nitrogens with zero attached hydrogens (tertiary/aromatic N) is 2. The van der Waals surface area contributed by atoms with Crippen molar-refractivity contribution in [1.82, 2.24) is 15.1 Å². The van der Waals surface area contributed by atoms with Crippen molar-refractivity contribution in [3.05, 3.63) is 50.7 Å². The van der Waals surface area contributed by atoms with Crippen molar-refractivity contribution < 1.29 is 0 Å². The van der Waals surface area contributed by atoms with Gasteiger partial charge in [0.2, 0.25) is 0 Å². The number of likely N-dealkylation sites (N-methyl/N-ethyl adjacent to an activating group) is 1. The van der Waals surface area contributed by atoms with Crippen LogP contribution in [0.3, 0.4) is 0 Å². The Morgan fingerprint density at radius 2 is 1.95 bits per heavy atom. The summed E-state index contributed by atoms with van der Waals surface area (Å²) in [6.07, 6.45) is 3.91. The van der Waals surface area contributed by atoms with Crippen molar-refractivity contribution in [1.29, 1.82) is 0 Å². The maximum atomic E-state index is 4.49. The van der Waals surface area contributed by atoms with E-state index in [-0.39, 0.29) is 6.04 Å². The van der Waals surface area contributed by atoms with Gasteiger partial charge >= 0.3 is 0 Å². The van der Waals surface area contributed by atoms with Gasteiger partial charge in [-0.3, -0.25) is 4.68 Å². The SMILES string of the molecule is CCCn1ncc(Br)c1C(Cc1ccccc1Br)NCC. The average molecular weight is 415 g/mol. The van der Waals surface area contributed by atoms with E-state index in [1.165, 1.54) is 11.3 Å². The molecule has 0 spiro atoms. The minimum Gasteiger partial charge on any atom is -0.309 e. The zero-order valence-corrected chi connectivity index (χ0v) is 15.6. The maximum absolute atomic E-state index is 4.49. The van der Waals surface area contributed by atoms with Gasteiger partial charge in [0.05, 0.1) is 22.4 Å². The van der Waals surface area contributed by atoms with Crippen LogP contribution < -0.4 is 5.32 Å². The third kappa shape index (κ3) is 4.18. The molecule has 0 radical (unpaired) electrons. The fourth-order valence-corrected chi connectivity index (χ4v) is 3.52. The molecule has 0 bridgehead atoms. The van der Waals surface area contributed by atoms with Gasteiger partial charge in [0.25, 0.3) is 0 Å². The Balaban J connectivity index is 2.31. The molecule has 1 atom stereocenters. The van der Waals surface area contributed by atoms with Crippen LogP contribution in [-0.2, 0) is 13.0 Å². The molecule has 0 aliphatic carbocycles. The number of hydrogen-bond acceptors (Lipinski definition) is 2. The molecule has 0 saturated heterocycles. The van der Waals surface area contributed by atoms with Crippen LogP contribution in [0.25, 0.3) is 0 Å². The molecule has 1 unspecified atom stereocenters. The van der Waals surface area contributed by atoms with Crippen LogP contribution in [0.5, 0.6) is 0 Å². The third-order valence-electron chi connectivity index (χ3n) is 3.43. The molecule has 5 heteroatoms. The zero-order valence-electron chi connectivity index (χ0n) is 12.4. The number of nitrogens with one attached hydrogen (secondary N) is 1. The van der Waals surface area contributed by atoms with Gasteiger partial charge < -0.3 is 5.32 Å². The molecule has 1 N–H and O–H groups in total. The minimum atomic E-state index is 0.247. The van der Waals surface area contributed by atoms with Crippen LogP contribution in [0.15, 0.2) is 39.4 Å². The van der Waals surface area contributed by atoms with Crippen molar-refractivity contribution in [2.45, 2.75) is 39.3 Å². The van der Waals surface area contributed by atoms with Crippen LogP contribution in [-0.4, -0.2) is 16.3 Å². The minimum absolute atomic E-state index is 0.247. The predicted octanol–water partition coefficient (Wildman–Crippen LogP) is 4.71. The van der Waals surface area contributed by atoms with Crippen LogP contribution in [0.1, 0.15) is 37.6 Å². The standard InChI is InChI=1S/C16H21Br2N3/c1-3-9-21-16(14(18)11-20-21)15(19-4-2)10-12-7-5-6-8-13(12)17/h5-8,11,15,19H,3-4,9-10H2,1-2H3. The molecule has 0 amide bonds. The molecular weight excluding hydrogens is 394 g/mol. The first-order valence-electron chi connectivity index (χ1n) is 7.35. The molecule has 0 fully saturated rings. The van der Waals surface area contributed by atoms with Crippen LogP contribution in [0, 0.1) is 0 Å². The Labute approximate surface area is 143 Å². The maximum Gasteiger partial charge on any atom is 0.0699 e. The van der Waals surface area contributed by atoms with Gasteiger partial charge in [0.1, 0.15) is 0 Å². The summed E-state index contributed by atoms with van der Waals surface area (Å²) in [5, 5.41) is 8.08. The summed E-state index contributed by atoms with van der Waals surface area (Å²) in [6, 6.07) is 8.64. The molecular formula is C16H21Br2N3. The first-order chi connectivity index (χ1) is 10.2. The third-order valence-corrected chi connectivity index (χ3v) is 4.82. The average Bonchev–Trinajstić information content (AvgIpc) is 2.82. The van der Waals surface area contributed by atoms with E-state index in [1.807, 2.05) is 12.3 Å². The molecule has 0 aliphatic heterocycles. The molecule has 114 valence electrons. The van der Waals surface area contributed by atoms with E-state index in [0.29, 0.717) is 0 Å². The summed E-state index contributed by atoms with van der Waals surface area (Å²) < 4.78 is 4.34. The van der Waals surface area contributed by atoms with E-state index in [4.69, 9.17) is 0 Å². The molecule has 1 heterocycles. The highest BCUT2D eigenvalue weighted by Crippen LogP contribution is 2.28. The Morgan fingerprint density at radius 3 is 2.62 bits per heavy atom. The second-order valence-corrected chi connectivity index (χ2v) is 6.72. The zero-order chi connectivity index (χ0) is 15.2. The molecule has 0 saturated carbocycles. The Hall–Kier alpha value is -0.650. The predicted molar refractivity (Wildman–Crippen MR) is 94.5 cm³/mol. The van der Waals surface area contributed by atoms with Gasteiger partial charge in [-0.1, -0.05) is 48.0 Å². The lowest BCUT2D eigenvalue weighted by molar-refractivity contribution is 0.476. The van der Waals surface area contributed by atoms with Gasteiger partial charge in [0.15, 0.2) is 0 Å². The highest BCUT2D eigenvalue weighted by atomic mass is 79.9. The fourth-order valence-electron chi connectivity index (χ4n) is 2.50. The molecule has 3 nitrogen and oxygen atoms in total. The number of aryl methyl sites for hydroxylation is 1. The first-order valence-corrected chi connectivity index (χ1v) is 8.93. The summed E-state index contributed by atoms with van der Waals surface area (Å²) in [6.45, 7) is 6.19. The lowest BCUT2D eigenvalue weighted by Crippen LogP contribution is -2.26. The Kier molecular flexibility index (Phi) is 6.45. The normalized spacial score (nSPS) is 12.6. The monoisotopic (exact) mass is 413 g/mol. The highest BCUT2D eigenvalue weighted by Gasteiger charge is 2.20. The molecule has 21 heavy (non-hydrogen) atoms. The van der Waals surface area contributed by atoms with E-state index in [0.717, 1.165) is 34.9 Å². The van der Waals surface area contributed by atoms with Crippen molar-refractivity contribution in [3.63, 3.8) is 0 Å². The lowest BCUT2D eigenvalue weighted by Gasteiger charge is -2.21. The van der Waals surface area contributed by atoms with Gasteiger partial charge in [0, 0.05) is 11.0 Å². The number of aromatic nitrogens is 2. The molecule has 2 aromatic rings. The van der Waals surface area contributed by atoms with Crippen molar-refractivity contribution in [3.8, 4) is 0 Å². The molecule has 1 aromatic heterocycles. The Bertz CT molecular complexity index is 581. The summed E-state index contributed by atoms with van der Waals surface area (Å²) in [7, 11) is 0. The summed E-state index contributed by atoms with van der Waals surface area (Å²) in [5.74, 6) is 0. The van der Waals surface area contributed by atoms with Crippen molar-refractivity contribution in [2.75, 3.05) is 6.54 Å². The van der Waals surface area contributed by atoms with Gasteiger partial charge in [-0.25, -0.2) is 0 Å². The van der Waals surface area contributed by atoms with Crippen molar-refractivity contribution >= 4 is 31.9 Å². The first kappa shape index (κ1) is 16.7. The number of hydrogen-bond donors (Lipinski definition) is 1. The van der Waals surface area contributed by atoms with Gasteiger partial charge in [-0.05, 0) is 46.9 Å². The van der Waals surface area contributed by atoms with E-state index in [2.05, 4.69) is 79.0 Å². The van der Waals surface area contributed by atoms with Gasteiger partial charge in [-0.15, -0.1) is 0 Å². The van der Waals surface area contributed by atoms with E-state index in [1.54, 1.807) is 0 Å². The second kappa shape index (κ2) is 8.11. The van der Waals surface area contributed by atoms with E-state index in [9.17, 15) is 0 Å². The van der Waals surface area contributed by atoms with E-state index < -0.39 is 0 Å². The molecule has 2 rings (SSSR count). The second-order valence-electron chi connectivity index (χ2n) is 5.01. The molecule has 1 aromatic carbocycles. The Morgan fingerprint density at radius 1 is 1.19 bits per heavy atom. The summed E-state index contributed by atoms with van der Waals surface area (Å²) in [4.78, 5) is 0. The lowest BCUT2D eigenvalue weighted by atomic mass is 10.0. The largest absolute Gasteiger partial charge is 0.309 e. The number of rotatable bonds is 7. The van der Waals surface area contributed by atoms with Crippen LogP contribution >= 0.6 is 31.9 Å². The smallest absolute Gasteiger partial charge is 0.0699 e. The quantitative estimate of drug-likeness (QED) is 0.710. The number of benzene rings is 1. The fraction of sp³-hybridized carbons (Fsp3) is 0.438. The van der Waals surface area contributed by atoms with Crippen LogP contribution in [0.4, 0.5) is 0 Å². The van der Waals surface area contributed by atoms with Gasteiger partial charge in [-0.2, -0.15) is 5.10 Å². The summed E-state index contributed by atoms with van der Waals surface area (Å²) >= 11 is 7.30. The molecule has 0 aliphatic rings. The topological polar surface area (TPSA) is 29.9 Å². The summed E-state index contributed by atoms with van der Waals surface area (Å²) in [5.41, 5.74) is 2.54. The number of halogens is 2. The van der Waals surface area contributed by atoms with E-state index >= 15 is 0 Å². The van der Waals surface area contributed by atoms with Crippen LogP contribution in [0.2, 0.25) is 0 Å². The van der Waals surface area contributed by atoms with Crippen molar-refractivity contribution in [2.24, 2.45) is 0 Å².